The SMILES string of the molecule is CNCC(=O)NC1CCN(Cc2cc(OC)cc(OC)c2)C1. The molecule has 1 aromatic carbocycles. The fourth-order valence-electron chi connectivity index (χ4n) is 2.75. The van der Waals surface area contributed by atoms with Crippen molar-refractivity contribution in [3.05, 3.63) is 23.8 Å². The molecule has 0 aliphatic carbocycles. The topological polar surface area (TPSA) is 62.8 Å². The number of likely N-dealkylation sites (tertiary alicyclic amines) is 1. The van der Waals surface area contributed by atoms with Crippen LogP contribution in [0.4, 0.5) is 0 Å². The maximum absolute atomic E-state index is 11.6. The van der Waals surface area contributed by atoms with E-state index in [1.807, 2.05) is 18.2 Å². The lowest BCUT2D eigenvalue weighted by atomic mass is 10.2. The number of hydrogen-bond donors (Lipinski definition) is 2. The van der Waals surface area contributed by atoms with Crippen LogP contribution in [-0.4, -0.2) is 57.8 Å². The van der Waals surface area contributed by atoms with Gasteiger partial charge >= 0.3 is 0 Å². The molecule has 0 aromatic heterocycles. The number of amides is 1. The molecule has 2 rings (SSSR count). The highest BCUT2D eigenvalue weighted by molar-refractivity contribution is 5.78. The van der Waals surface area contributed by atoms with Crippen molar-refractivity contribution < 1.29 is 14.3 Å². The van der Waals surface area contributed by atoms with Gasteiger partial charge in [-0.2, -0.15) is 0 Å². The van der Waals surface area contributed by atoms with Crippen LogP contribution < -0.4 is 20.1 Å². The molecule has 22 heavy (non-hydrogen) atoms. The van der Waals surface area contributed by atoms with E-state index in [9.17, 15) is 4.79 Å². The van der Waals surface area contributed by atoms with E-state index in [-0.39, 0.29) is 11.9 Å². The molecule has 1 fully saturated rings. The lowest BCUT2D eigenvalue weighted by molar-refractivity contribution is -0.120. The summed E-state index contributed by atoms with van der Waals surface area (Å²) in [6, 6.07) is 6.15. The monoisotopic (exact) mass is 307 g/mol. The van der Waals surface area contributed by atoms with Gasteiger partial charge in [0.1, 0.15) is 11.5 Å². The minimum absolute atomic E-state index is 0.0531. The Bertz CT molecular complexity index is 485. The highest BCUT2D eigenvalue weighted by atomic mass is 16.5. The van der Waals surface area contributed by atoms with Crippen LogP contribution in [0.5, 0.6) is 11.5 Å². The Morgan fingerprint density at radius 3 is 2.55 bits per heavy atom. The zero-order chi connectivity index (χ0) is 15.9. The van der Waals surface area contributed by atoms with Crippen molar-refractivity contribution in [3.63, 3.8) is 0 Å². The van der Waals surface area contributed by atoms with Crippen LogP contribution >= 0.6 is 0 Å². The molecule has 1 atom stereocenters. The predicted molar refractivity (Wildman–Crippen MR) is 85.3 cm³/mol. The van der Waals surface area contributed by atoms with Gasteiger partial charge in [0.25, 0.3) is 0 Å². The van der Waals surface area contributed by atoms with Crippen LogP contribution in [0.1, 0.15) is 12.0 Å². The van der Waals surface area contributed by atoms with Crippen LogP contribution in [0.3, 0.4) is 0 Å². The van der Waals surface area contributed by atoms with Gasteiger partial charge in [-0.3, -0.25) is 9.69 Å². The van der Waals surface area contributed by atoms with Crippen molar-refractivity contribution in [3.8, 4) is 11.5 Å². The van der Waals surface area contributed by atoms with Crippen molar-refractivity contribution in [2.75, 3.05) is 40.9 Å². The first-order valence-electron chi connectivity index (χ1n) is 7.53. The molecule has 0 radical (unpaired) electrons. The molecule has 0 saturated carbocycles. The molecule has 1 saturated heterocycles. The van der Waals surface area contributed by atoms with Crippen molar-refractivity contribution in [1.29, 1.82) is 0 Å². The summed E-state index contributed by atoms with van der Waals surface area (Å²) >= 11 is 0. The summed E-state index contributed by atoms with van der Waals surface area (Å²) in [7, 11) is 5.08. The number of ether oxygens (including phenoxy) is 2. The fraction of sp³-hybridized carbons (Fsp3) is 0.562. The minimum atomic E-state index is 0.0531. The van der Waals surface area contributed by atoms with Crippen LogP contribution in [0.25, 0.3) is 0 Å². The van der Waals surface area contributed by atoms with E-state index >= 15 is 0 Å². The number of carbonyl (C=O) groups is 1. The second kappa shape index (κ2) is 8.00. The van der Waals surface area contributed by atoms with E-state index in [0.717, 1.165) is 43.1 Å². The summed E-state index contributed by atoms with van der Waals surface area (Å²) < 4.78 is 10.6. The van der Waals surface area contributed by atoms with Crippen molar-refractivity contribution in [2.24, 2.45) is 0 Å². The molecular formula is C16H25N3O3. The van der Waals surface area contributed by atoms with E-state index in [1.54, 1.807) is 21.3 Å². The van der Waals surface area contributed by atoms with Gasteiger partial charge in [-0.15, -0.1) is 0 Å². The number of nitrogens with zero attached hydrogens (tertiary/aromatic N) is 1. The minimum Gasteiger partial charge on any atom is -0.497 e. The highest BCUT2D eigenvalue weighted by Gasteiger charge is 2.23. The largest absolute Gasteiger partial charge is 0.497 e. The lowest BCUT2D eigenvalue weighted by Crippen LogP contribution is -2.41. The van der Waals surface area contributed by atoms with Gasteiger partial charge in [-0.25, -0.2) is 0 Å². The molecule has 122 valence electrons. The van der Waals surface area contributed by atoms with E-state index < -0.39 is 0 Å². The van der Waals surface area contributed by atoms with Gasteiger partial charge in [0.05, 0.1) is 20.8 Å². The number of likely N-dealkylation sites (N-methyl/N-ethyl adjacent to an activating group) is 1. The first-order chi connectivity index (χ1) is 10.6. The number of hydrogen-bond acceptors (Lipinski definition) is 5. The normalized spacial score (nSPS) is 18.2. The average molecular weight is 307 g/mol. The molecule has 0 spiro atoms. The Labute approximate surface area is 131 Å². The third-order valence-electron chi connectivity index (χ3n) is 3.79. The standard InChI is InChI=1S/C16H25N3O3/c1-17-9-16(20)18-13-4-5-19(11-13)10-12-6-14(21-2)8-15(7-12)22-3/h6-8,13,17H,4-5,9-11H2,1-3H3,(H,18,20). The van der Waals surface area contributed by atoms with Crippen LogP contribution in [0, 0.1) is 0 Å². The molecule has 6 nitrogen and oxygen atoms in total. The van der Waals surface area contributed by atoms with E-state index in [1.165, 1.54) is 0 Å². The molecule has 1 unspecified atom stereocenters. The summed E-state index contributed by atoms with van der Waals surface area (Å²) in [6.07, 6.45) is 0.983. The zero-order valence-corrected chi connectivity index (χ0v) is 13.5. The Hall–Kier alpha value is -1.79. The van der Waals surface area contributed by atoms with Crippen molar-refractivity contribution in [2.45, 2.75) is 19.0 Å². The molecule has 1 aliphatic heterocycles. The molecule has 1 heterocycles. The number of rotatable bonds is 7. The van der Waals surface area contributed by atoms with E-state index in [2.05, 4.69) is 15.5 Å². The third kappa shape index (κ3) is 4.61. The smallest absolute Gasteiger partial charge is 0.234 e. The van der Waals surface area contributed by atoms with Crippen LogP contribution in [0.15, 0.2) is 18.2 Å². The zero-order valence-electron chi connectivity index (χ0n) is 13.5. The molecule has 2 N–H and O–H groups in total. The van der Waals surface area contributed by atoms with Gasteiger partial charge in [-0.1, -0.05) is 0 Å². The van der Waals surface area contributed by atoms with E-state index in [0.29, 0.717) is 6.54 Å². The second-order valence-corrected chi connectivity index (χ2v) is 5.54. The number of nitrogens with one attached hydrogen (secondary N) is 2. The molecule has 1 aliphatic rings. The van der Waals surface area contributed by atoms with Crippen molar-refractivity contribution in [1.82, 2.24) is 15.5 Å². The molecule has 6 heteroatoms. The molecule has 0 bridgehead atoms. The molecule has 1 aromatic rings. The maximum atomic E-state index is 11.6. The van der Waals surface area contributed by atoms with Gasteiger partial charge in [0.15, 0.2) is 0 Å². The van der Waals surface area contributed by atoms with Gasteiger partial charge in [-0.05, 0) is 31.2 Å². The van der Waals surface area contributed by atoms with Crippen LogP contribution in [-0.2, 0) is 11.3 Å². The summed E-state index contributed by atoms with van der Waals surface area (Å²) in [5.41, 5.74) is 1.15. The first kappa shape index (κ1) is 16.6. The van der Waals surface area contributed by atoms with Gasteiger partial charge < -0.3 is 20.1 Å². The van der Waals surface area contributed by atoms with Crippen LogP contribution in [0.2, 0.25) is 0 Å². The Balaban J connectivity index is 1.91. The van der Waals surface area contributed by atoms with Gasteiger partial charge in [0, 0.05) is 31.7 Å². The average Bonchev–Trinajstić information content (AvgIpc) is 2.93. The number of methoxy groups -OCH3 is 2. The number of carbonyl (C=O) groups excluding carboxylic acids is 1. The first-order valence-corrected chi connectivity index (χ1v) is 7.53. The fourth-order valence-corrected chi connectivity index (χ4v) is 2.75. The Morgan fingerprint density at radius 2 is 1.95 bits per heavy atom. The molecular weight excluding hydrogens is 282 g/mol. The number of benzene rings is 1. The Kier molecular flexibility index (Phi) is 6.03. The molecule has 1 amide bonds. The maximum Gasteiger partial charge on any atom is 0.234 e. The predicted octanol–water partition coefficient (Wildman–Crippen LogP) is 0.614. The summed E-state index contributed by atoms with van der Waals surface area (Å²) in [4.78, 5) is 13.9. The van der Waals surface area contributed by atoms with Gasteiger partial charge in [0.2, 0.25) is 5.91 Å². The summed E-state index contributed by atoms with van der Waals surface area (Å²) in [5, 5.41) is 5.91. The quantitative estimate of drug-likeness (QED) is 0.773. The Morgan fingerprint density at radius 1 is 1.27 bits per heavy atom. The lowest BCUT2D eigenvalue weighted by Gasteiger charge is -2.18. The summed E-state index contributed by atoms with van der Waals surface area (Å²) in [6.45, 7) is 3.04. The summed E-state index contributed by atoms with van der Waals surface area (Å²) in [5.74, 6) is 1.65. The highest BCUT2D eigenvalue weighted by Crippen LogP contribution is 2.24. The van der Waals surface area contributed by atoms with E-state index in [4.69, 9.17) is 9.47 Å². The second-order valence-electron chi connectivity index (χ2n) is 5.54. The van der Waals surface area contributed by atoms with Crippen molar-refractivity contribution >= 4 is 5.91 Å². The third-order valence-corrected chi connectivity index (χ3v) is 3.79.